The van der Waals surface area contributed by atoms with Gasteiger partial charge in [-0.2, -0.15) is 0 Å². The number of anilines is 1. The summed E-state index contributed by atoms with van der Waals surface area (Å²) >= 11 is 2.32. The van der Waals surface area contributed by atoms with Crippen LogP contribution in [0.3, 0.4) is 0 Å². The third-order valence-electron chi connectivity index (χ3n) is 2.78. The van der Waals surface area contributed by atoms with E-state index in [1.165, 1.54) is 0 Å². The van der Waals surface area contributed by atoms with Gasteiger partial charge in [-0.1, -0.05) is 44.2 Å². The fourth-order valence-electron chi connectivity index (χ4n) is 1.79. The summed E-state index contributed by atoms with van der Waals surface area (Å²) in [5.74, 6) is 2.13. The van der Waals surface area contributed by atoms with E-state index in [-0.39, 0.29) is 0 Å². The first kappa shape index (κ1) is 14.2. The van der Waals surface area contributed by atoms with Gasteiger partial charge in [-0.25, -0.2) is 9.97 Å². The van der Waals surface area contributed by atoms with Crippen LogP contribution >= 0.6 is 22.6 Å². The molecule has 0 bridgehead atoms. The maximum absolute atomic E-state index is 4.73. The number of rotatable bonds is 4. The highest BCUT2D eigenvalue weighted by atomic mass is 127. The summed E-state index contributed by atoms with van der Waals surface area (Å²) in [4.78, 5) is 9.34. The quantitative estimate of drug-likeness (QED) is 0.819. The summed E-state index contributed by atoms with van der Waals surface area (Å²) < 4.78 is 1.08. The molecule has 0 unspecified atom stereocenters. The van der Waals surface area contributed by atoms with Crippen molar-refractivity contribution in [3.05, 3.63) is 39.7 Å². The second kappa shape index (κ2) is 6.32. The molecule has 0 fully saturated rings. The minimum atomic E-state index is 0.317. The van der Waals surface area contributed by atoms with Gasteiger partial charge in [0.2, 0.25) is 0 Å². The van der Waals surface area contributed by atoms with Crippen LogP contribution in [0, 0.1) is 3.57 Å². The predicted octanol–water partition coefficient (Wildman–Crippen LogP) is 4.30. The topological polar surface area (TPSA) is 37.8 Å². The lowest BCUT2D eigenvalue weighted by Gasteiger charge is -2.14. The van der Waals surface area contributed by atoms with Crippen molar-refractivity contribution in [3.8, 4) is 11.3 Å². The Bertz CT molecular complexity index is 553. The Balaban J connectivity index is 2.59. The Kier molecular flexibility index (Phi) is 4.74. The third kappa shape index (κ3) is 3.23. The van der Waals surface area contributed by atoms with Crippen molar-refractivity contribution in [1.82, 2.24) is 9.97 Å². The lowest BCUT2D eigenvalue weighted by molar-refractivity contribution is 0.775. The summed E-state index contributed by atoms with van der Waals surface area (Å²) in [6.07, 6.45) is 0. The Morgan fingerprint density at radius 1 is 1.16 bits per heavy atom. The molecule has 0 atom stereocenters. The molecule has 0 amide bonds. The highest BCUT2D eigenvalue weighted by Crippen LogP contribution is 2.29. The van der Waals surface area contributed by atoms with E-state index in [0.29, 0.717) is 5.92 Å². The van der Waals surface area contributed by atoms with Gasteiger partial charge in [0, 0.05) is 18.0 Å². The van der Waals surface area contributed by atoms with Gasteiger partial charge in [0.25, 0.3) is 0 Å². The van der Waals surface area contributed by atoms with E-state index in [1.807, 2.05) is 18.2 Å². The number of hydrogen-bond acceptors (Lipinski definition) is 3. The molecule has 1 N–H and O–H groups in total. The second-order valence-corrected chi connectivity index (χ2v) is 5.72. The molecule has 3 nitrogen and oxygen atoms in total. The molecular formula is C15H18IN3. The largest absolute Gasteiger partial charge is 0.369 e. The molecule has 100 valence electrons. The Labute approximate surface area is 128 Å². The zero-order chi connectivity index (χ0) is 13.8. The van der Waals surface area contributed by atoms with Crippen molar-refractivity contribution < 1.29 is 0 Å². The number of benzene rings is 1. The second-order valence-electron chi connectivity index (χ2n) is 4.64. The molecule has 0 radical (unpaired) electrons. The van der Waals surface area contributed by atoms with Crippen molar-refractivity contribution in [2.45, 2.75) is 26.7 Å². The van der Waals surface area contributed by atoms with Crippen molar-refractivity contribution in [3.63, 3.8) is 0 Å². The molecule has 0 aliphatic heterocycles. The van der Waals surface area contributed by atoms with Gasteiger partial charge in [0.15, 0.2) is 0 Å². The van der Waals surface area contributed by atoms with E-state index in [9.17, 15) is 0 Å². The van der Waals surface area contributed by atoms with Crippen LogP contribution < -0.4 is 5.32 Å². The van der Waals surface area contributed by atoms with Crippen LogP contribution in [-0.4, -0.2) is 16.5 Å². The van der Waals surface area contributed by atoms with Crippen LogP contribution in [0.1, 0.15) is 32.5 Å². The summed E-state index contributed by atoms with van der Waals surface area (Å²) in [7, 11) is 0. The highest BCUT2D eigenvalue weighted by Gasteiger charge is 2.14. The fourth-order valence-corrected chi connectivity index (χ4v) is 2.54. The molecular weight excluding hydrogens is 349 g/mol. The average molecular weight is 367 g/mol. The van der Waals surface area contributed by atoms with Crippen LogP contribution in [0.2, 0.25) is 0 Å². The first-order valence-electron chi connectivity index (χ1n) is 6.50. The van der Waals surface area contributed by atoms with Crippen LogP contribution in [0.25, 0.3) is 11.3 Å². The normalized spacial score (nSPS) is 10.8. The minimum absolute atomic E-state index is 0.317. The van der Waals surface area contributed by atoms with Crippen LogP contribution in [0.15, 0.2) is 30.3 Å². The van der Waals surface area contributed by atoms with E-state index in [2.05, 4.69) is 65.8 Å². The maximum atomic E-state index is 4.73. The molecule has 0 saturated carbocycles. The zero-order valence-electron chi connectivity index (χ0n) is 11.4. The maximum Gasteiger partial charge on any atom is 0.143 e. The highest BCUT2D eigenvalue weighted by molar-refractivity contribution is 14.1. The van der Waals surface area contributed by atoms with E-state index in [4.69, 9.17) is 4.98 Å². The van der Waals surface area contributed by atoms with Gasteiger partial charge >= 0.3 is 0 Å². The Morgan fingerprint density at radius 2 is 1.84 bits per heavy atom. The molecule has 2 rings (SSSR count). The van der Waals surface area contributed by atoms with E-state index in [1.54, 1.807) is 0 Å². The summed E-state index contributed by atoms with van der Waals surface area (Å²) in [5, 5.41) is 3.32. The number of hydrogen-bond donors (Lipinski definition) is 1. The van der Waals surface area contributed by atoms with Crippen LogP contribution in [0.5, 0.6) is 0 Å². The van der Waals surface area contributed by atoms with Crippen molar-refractivity contribution >= 4 is 28.4 Å². The molecule has 0 aliphatic rings. The zero-order valence-corrected chi connectivity index (χ0v) is 13.6. The van der Waals surface area contributed by atoms with Crippen molar-refractivity contribution in [1.29, 1.82) is 0 Å². The van der Waals surface area contributed by atoms with E-state index >= 15 is 0 Å². The molecule has 4 heteroatoms. The number of nitrogens with one attached hydrogen (secondary N) is 1. The molecule has 2 aromatic rings. The summed E-state index contributed by atoms with van der Waals surface area (Å²) in [6.45, 7) is 7.17. The molecule has 1 heterocycles. The molecule has 0 aliphatic carbocycles. The summed E-state index contributed by atoms with van der Waals surface area (Å²) in [6, 6.07) is 10.3. The fraction of sp³-hybridized carbons (Fsp3) is 0.333. The van der Waals surface area contributed by atoms with Gasteiger partial charge < -0.3 is 5.32 Å². The molecule has 0 spiro atoms. The molecule has 0 saturated heterocycles. The lowest BCUT2D eigenvalue weighted by Crippen LogP contribution is -2.09. The molecule has 1 aromatic heterocycles. The first-order chi connectivity index (χ1) is 9.13. The standard InChI is InChI=1S/C15H18IN3/c1-4-17-15-12(16)13(11-8-6-5-7-9-11)18-14(19-15)10(2)3/h5-10H,4H2,1-3H3,(H,17,18,19). The van der Waals surface area contributed by atoms with Gasteiger partial charge in [-0.05, 0) is 29.5 Å². The molecule has 19 heavy (non-hydrogen) atoms. The van der Waals surface area contributed by atoms with Crippen molar-refractivity contribution in [2.24, 2.45) is 0 Å². The Morgan fingerprint density at radius 3 is 2.42 bits per heavy atom. The third-order valence-corrected chi connectivity index (χ3v) is 3.80. The van der Waals surface area contributed by atoms with Gasteiger partial charge in [-0.3, -0.25) is 0 Å². The number of nitrogens with zero attached hydrogens (tertiary/aromatic N) is 2. The van der Waals surface area contributed by atoms with Crippen molar-refractivity contribution in [2.75, 3.05) is 11.9 Å². The number of halogens is 1. The molecule has 1 aromatic carbocycles. The number of aromatic nitrogens is 2. The van der Waals surface area contributed by atoms with Gasteiger partial charge in [0.05, 0.1) is 9.26 Å². The average Bonchev–Trinajstić information content (AvgIpc) is 2.42. The Hall–Kier alpha value is -1.17. The van der Waals surface area contributed by atoms with Crippen LogP contribution in [-0.2, 0) is 0 Å². The van der Waals surface area contributed by atoms with Gasteiger partial charge in [0.1, 0.15) is 11.6 Å². The predicted molar refractivity (Wildman–Crippen MR) is 88.4 cm³/mol. The lowest BCUT2D eigenvalue weighted by atomic mass is 10.1. The van der Waals surface area contributed by atoms with Gasteiger partial charge in [-0.15, -0.1) is 0 Å². The summed E-state index contributed by atoms with van der Waals surface area (Å²) in [5.41, 5.74) is 2.14. The van der Waals surface area contributed by atoms with E-state index in [0.717, 1.165) is 33.0 Å². The van der Waals surface area contributed by atoms with E-state index < -0.39 is 0 Å². The first-order valence-corrected chi connectivity index (χ1v) is 7.58. The minimum Gasteiger partial charge on any atom is -0.369 e. The van der Waals surface area contributed by atoms with Crippen LogP contribution in [0.4, 0.5) is 5.82 Å². The SMILES string of the molecule is CCNc1nc(C(C)C)nc(-c2ccccc2)c1I. The smallest absolute Gasteiger partial charge is 0.143 e. The monoisotopic (exact) mass is 367 g/mol.